The van der Waals surface area contributed by atoms with Crippen LogP contribution < -0.4 is 19.8 Å². The molecule has 2 aromatic carbocycles. The highest BCUT2D eigenvalue weighted by molar-refractivity contribution is 9.10. The maximum Gasteiger partial charge on any atom is 0.347 e. The van der Waals surface area contributed by atoms with E-state index in [1.165, 1.54) is 14.2 Å². The topological polar surface area (TPSA) is 70.8 Å². The van der Waals surface area contributed by atoms with Crippen molar-refractivity contribution in [1.82, 2.24) is 4.98 Å². The summed E-state index contributed by atoms with van der Waals surface area (Å²) in [6.45, 7) is 0. The molecule has 0 saturated carbocycles. The van der Waals surface area contributed by atoms with Gasteiger partial charge in [-0.2, -0.15) is 0 Å². The van der Waals surface area contributed by atoms with Gasteiger partial charge in [0.2, 0.25) is 5.89 Å². The Bertz CT molecular complexity index is 1040. The lowest BCUT2D eigenvalue weighted by atomic mass is 10.2. The molecule has 0 N–H and O–H groups in total. The zero-order chi connectivity index (χ0) is 18.7. The van der Waals surface area contributed by atoms with Crippen molar-refractivity contribution < 1.29 is 18.6 Å². The highest BCUT2D eigenvalue weighted by Crippen LogP contribution is 2.30. The zero-order valence-corrected chi connectivity index (χ0v) is 16.0. The van der Waals surface area contributed by atoms with Crippen LogP contribution in [0.2, 0.25) is 0 Å². The smallest absolute Gasteiger partial charge is 0.347 e. The van der Waals surface area contributed by atoms with E-state index in [2.05, 4.69) is 20.9 Å². The number of ether oxygens (including phenoxy) is 3. The Morgan fingerprint density at radius 1 is 0.962 bits per heavy atom. The number of aromatic nitrogens is 1. The third-order valence-corrected chi connectivity index (χ3v) is 4.24. The van der Waals surface area contributed by atoms with Gasteiger partial charge >= 0.3 is 5.63 Å². The van der Waals surface area contributed by atoms with Gasteiger partial charge in [0.05, 0.1) is 32.2 Å². The van der Waals surface area contributed by atoms with Gasteiger partial charge in [0.25, 0.3) is 0 Å². The molecule has 1 aromatic heterocycles. The van der Waals surface area contributed by atoms with Gasteiger partial charge in [0.1, 0.15) is 5.75 Å². The second-order valence-corrected chi connectivity index (χ2v) is 6.20. The number of rotatable bonds is 5. The summed E-state index contributed by atoms with van der Waals surface area (Å²) in [5, 5.41) is 0.319. The van der Waals surface area contributed by atoms with E-state index in [4.69, 9.17) is 18.6 Å². The molecule has 3 rings (SSSR count). The van der Waals surface area contributed by atoms with Gasteiger partial charge in [-0.25, -0.2) is 9.78 Å². The predicted molar refractivity (Wildman–Crippen MR) is 103 cm³/mol. The molecule has 0 atom stereocenters. The Balaban J connectivity index is 2.06. The SMILES string of the molecule is COc1ccc(Br)cc1C=Cc1nc2cc(OC)c(OC)cc2c(=O)o1. The van der Waals surface area contributed by atoms with E-state index < -0.39 is 5.63 Å². The minimum atomic E-state index is -0.503. The molecular formula is C19H16BrNO5. The summed E-state index contributed by atoms with van der Waals surface area (Å²) < 4.78 is 22.0. The number of fused-ring (bicyclic) bond motifs is 1. The molecule has 0 aliphatic carbocycles. The van der Waals surface area contributed by atoms with E-state index in [-0.39, 0.29) is 5.89 Å². The van der Waals surface area contributed by atoms with Crippen LogP contribution in [-0.4, -0.2) is 26.3 Å². The first-order valence-corrected chi connectivity index (χ1v) is 8.43. The van der Waals surface area contributed by atoms with Crippen LogP contribution >= 0.6 is 15.9 Å². The summed E-state index contributed by atoms with van der Waals surface area (Å²) in [5.41, 5.74) is 0.773. The molecule has 0 aliphatic heterocycles. The Morgan fingerprint density at radius 3 is 2.35 bits per heavy atom. The van der Waals surface area contributed by atoms with Gasteiger partial charge in [-0.15, -0.1) is 0 Å². The fraction of sp³-hybridized carbons (Fsp3) is 0.158. The largest absolute Gasteiger partial charge is 0.496 e. The Kier molecular flexibility index (Phi) is 5.27. The normalized spacial score (nSPS) is 11.1. The molecule has 0 amide bonds. The maximum absolute atomic E-state index is 12.3. The van der Waals surface area contributed by atoms with Crippen LogP contribution in [0.5, 0.6) is 17.2 Å². The average Bonchev–Trinajstić information content (AvgIpc) is 2.65. The van der Waals surface area contributed by atoms with Crippen LogP contribution in [0.15, 0.2) is 44.0 Å². The lowest BCUT2D eigenvalue weighted by Crippen LogP contribution is -2.04. The Labute approximate surface area is 158 Å². The van der Waals surface area contributed by atoms with Gasteiger partial charge in [-0.3, -0.25) is 0 Å². The molecular weight excluding hydrogens is 402 g/mol. The van der Waals surface area contributed by atoms with Crippen molar-refractivity contribution in [3.8, 4) is 17.2 Å². The zero-order valence-electron chi connectivity index (χ0n) is 14.4. The predicted octanol–water partition coefficient (Wildman–Crippen LogP) is 4.15. The van der Waals surface area contributed by atoms with Crippen molar-refractivity contribution in [3.63, 3.8) is 0 Å². The van der Waals surface area contributed by atoms with Crippen LogP contribution in [-0.2, 0) is 0 Å². The Hall–Kier alpha value is -2.80. The van der Waals surface area contributed by atoms with E-state index in [9.17, 15) is 4.79 Å². The molecule has 0 saturated heterocycles. The van der Waals surface area contributed by atoms with Gasteiger partial charge in [-0.05, 0) is 24.3 Å². The average molecular weight is 418 g/mol. The van der Waals surface area contributed by atoms with E-state index in [1.54, 1.807) is 31.4 Å². The molecule has 0 aliphatic rings. The third-order valence-electron chi connectivity index (χ3n) is 3.75. The van der Waals surface area contributed by atoms with E-state index in [1.807, 2.05) is 18.2 Å². The highest BCUT2D eigenvalue weighted by atomic mass is 79.9. The monoisotopic (exact) mass is 417 g/mol. The summed E-state index contributed by atoms with van der Waals surface area (Å²) in [6, 6.07) is 8.80. The summed E-state index contributed by atoms with van der Waals surface area (Å²) >= 11 is 3.42. The number of hydrogen-bond donors (Lipinski definition) is 0. The minimum Gasteiger partial charge on any atom is -0.496 e. The molecule has 134 valence electrons. The number of hydrogen-bond acceptors (Lipinski definition) is 6. The number of nitrogens with zero attached hydrogens (tertiary/aromatic N) is 1. The fourth-order valence-electron chi connectivity index (χ4n) is 2.48. The van der Waals surface area contributed by atoms with Gasteiger partial charge < -0.3 is 18.6 Å². The van der Waals surface area contributed by atoms with Gasteiger partial charge in [0.15, 0.2) is 11.5 Å². The van der Waals surface area contributed by atoms with E-state index in [0.717, 1.165) is 10.0 Å². The van der Waals surface area contributed by atoms with Gasteiger partial charge in [0, 0.05) is 28.2 Å². The lowest BCUT2D eigenvalue weighted by molar-refractivity contribution is 0.355. The summed E-state index contributed by atoms with van der Waals surface area (Å²) in [5.74, 6) is 1.80. The van der Waals surface area contributed by atoms with Crippen molar-refractivity contribution in [2.24, 2.45) is 0 Å². The van der Waals surface area contributed by atoms with E-state index in [0.29, 0.717) is 28.2 Å². The second-order valence-electron chi connectivity index (χ2n) is 5.28. The maximum atomic E-state index is 12.3. The number of methoxy groups -OCH3 is 3. The van der Waals surface area contributed by atoms with Crippen LogP contribution in [0.25, 0.3) is 23.1 Å². The molecule has 0 spiro atoms. The quantitative estimate of drug-likeness (QED) is 0.620. The molecule has 0 fully saturated rings. The summed E-state index contributed by atoms with van der Waals surface area (Å²) in [4.78, 5) is 16.7. The molecule has 26 heavy (non-hydrogen) atoms. The highest BCUT2D eigenvalue weighted by Gasteiger charge is 2.11. The molecule has 1 heterocycles. The number of halogens is 1. The first kappa shape index (κ1) is 18.0. The van der Waals surface area contributed by atoms with Crippen molar-refractivity contribution >= 4 is 39.0 Å². The molecule has 7 heteroatoms. The van der Waals surface area contributed by atoms with Crippen LogP contribution in [0.3, 0.4) is 0 Å². The van der Waals surface area contributed by atoms with Crippen LogP contribution in [0.1, 0.15) is 11.5 Å². The van der Waals surface area contributed by atoms with Gasteiger partial charge in [-0.1, -0.05) is 15.9 Å². The first-order valence-electron chi connectivity index (χ1n) is 7.64. The summed E-state index contributed by atoms with van der Waals surface area (Å²) in [6.07, 6.45) is 3.38. The fourth-order valence-corrected chi connectivity index (χ4v) is 2.86. The standard InChI is InChI=1S/C19H16BrNO5/c1-23-15-6-5-12(20)8-11(15)4-7-18-21-14-10-17(25-3)16(24-2)9-13(14)19(22)26-18/h4-10H,1-3H3. The van der Waals surface area contributed by atoms with Crippen LogP contribution in [0, 0.1) is 0 Å². The first-order chi connectivity index (χ1) is 12.5. The molecule has 0 unspecified atom stereocenters. The number of benzene rings is 2. The molecule has 6 nitrogen and oxygen atoms in total. The Morgan fingerprint density at radius 2 is 1.65 bits per heavy atom. The molecule has 0 bridgehead atoms. The minimum absolute atomic E-state index is 0.178. The van der Waals surface area contributed by atoms with Crippen molar-refractivity contribution in [1.29, 1.82) is 0 Å². The molecule has 3 aromatic rings. The second kappa shape index (κ2) is 7.61. The van der Waals surface area contributed by atoms with Crippen molar-refractivity contribution in [2.75, 3.05) is 21.3 Å². The molecule has 0 radical (unpaired) electrons. The van der Waals surface area contributed by atoms with E-state index >= 15 is 0 Å². The summed E-state index contributed by atoms with van der Waals surface area (Å²) in [7, 11) is 4.62. The third kappa shape index (κ3) is 3.57. The van der Waals surface area contributed by atoms with Crippen molar-refractivity contribution in [2.45, 2.75) is 0 Å². The van der Waals surface area contributed by atoms with Crippen molar-refractivity contribution in [3.05, 3.63) is 56.7 Å². The lowest BCUT2D eigenvalue weighted by Gasteiger charge is -2.08. The van der Waals surface area contributed by atoms with Crippen LogP contribution in [0.4, 0.5) is 0 Å².